The number of rotatable bonds is 2. The zero-order valence-electron chi connectivity index (χ0n) is 10.4. The minimum absolute atomic E-state index is 0.0263. The molecule has 1 aliphatic heterocycles. The Kier molecular flexibility index (Phi) is 3.24. The molecule has 2 aliphatic rings. The second kappa shape index (κ2) is 4.36. The van der Waals surface area contributed by atoms with Crippen LogP contribution in [0, 0.1) is 17.3 Å². The minimum Gasteiger partial charge on any atom is -0.460 e. The van der Waals surface area contributed by atoms with E-state index in [4.69, 9.17) is 10.5 Å². The Labute approximate surface area is 97.7 Å². The van der Waals surface area contributed by atoms with Crippen LogP contribution in [-0.4, -0.2) is 18.6 Å². The van der Waals surface area contributed by atoms with Gasteiger partial charge < -0.3 is 10.5 Å². The quantitative estimate of drug-likeness (QED) is 0.732. The van der Waals surface area contributed by atoms with Crippen molar-refractivity contribution >= 4 is 5.97 Å². The highest BCUT2D eigenvalue weighted by Gasteiger charge is 2.50. The number of hydrogen-bond donors (Lipinski definition) is 1. The molecule has 3 heteroatoms. The first-order valence-corrected chi connectivity index (χ1v) is 6.47. The highest BCUT2D eigenvalue weighted by molar-refractivity contribution is 5.73. The molecule has 0 amide bonds. The van der Waals surface area contributed by atoms with E-state index >= 15 is 0 Å². The van der Waals surface area contributed by atoms with E-state index < -0.39 is 0 Å². The highest BCUT2D eigenvalue weighted by Crippen LogP contribution is 2.50. The maximum Gasteiger partial charge on any atom is 0.306 e. The largest absolute Gasteiger partial charge is 0.460 e. The van der Waals surface area contributed by atoms with Gasteiger partial charge in [-0.1, -0.05) is 26.7 Å². The summed E-state index contributed by atoms with van der Waals surface area (Å²) in [5.41, 5.74) is 5.81. The molecule has 2 rings (SSSR count). The Morgan fingerprint density at radius 3 is 2.94 bits per heavy atom. The maximum absolute atomic E-state index is 11.5. The van der Waals surface area contributed by atoms with Crippen LogP contribution >= 0.6 is 0 Å². The van der Waals surface area contributed by atoms with Gasteiger partial charge in [0.05, 0.1) is 6.42 Å². The van der Waals surface area contributed by atoms with E-state index in [1.165, 1.54) is 12.8 Å². The monoisotopic (exact) mass is 225 g/mol. The van der Waals surface area contributed by atoms with Crippen molar-refractivity contribution in [2.75, 3.05) is 6.54 Å². The first kappa shape index (κ1) is 11.9. The molecule has 1 aliphatic carbocycles. The first-order chi connectivity index (χ1) is 7.57. The normalized spacial score (nSPS) is 39.4. The van der Waals surface area contributed by atoms with Crippen LogP contribution in [0.25, 0.3) is 0 Å². The van der Waals surface area contributed by atoms with Gasteiger partial charge in [-0.25, -0.2) is 0 Å². The number of carbonyl (C=O) groups is 1. The zero-order chi connectivity index (χ0) is 11.8. The van der Waals surface area contributed by atoms with E-state index in [2.05, 4.69) is 13.8 Å². The van der Waals surface area contributed by atoms with Crippen LogP contribution in [0.3, 0.4) is 0 Å². The van der Waals surface area contributed by atoms with Gasteiger partial charge in [0.25, 0.3) is 0 Å². The molecule has 0 radical (unpaired) electrons. The molecule has 0 bridgehead atoms. The summed E-state index contributed by atoms with van der Waals surface area (Å²) in [6, 6.07) is 0. The molecular weight excluding hydrogens is 202 g/mol. The average Bonchev–Trinajstić information content (AvgIpc) is 2.54. The van der Waals surface area contributed by atoms with E-state index in [-0.39, 0.29) is 17.5 Å². The molecule has 1 spiro atoms. The van der Waals surface area contributed by atoms with Crippen LogP contribution < -0.4 is 5.73 Å². The lowest BCUT2D eigenvalue weighted by atomic mass is 9.63. The van der Waals surface area contributed by atoms with Gasteiger partial charge in [0.2, 0.25) is 0 Å². The number of nitrogens with two attached hydrogens (primary N) is 1. The van der Waals surface area contributed by atoms with Gasteiger partial charge in [0.1, 0.15) is 6.10 Å². The number of cyclic esters (lactones) is 1. The van der Waals surface area contributed by atoms with E-state index in [1.807, 2.05) is 0 Å². The minimum atomic E-state index is -0.0418. The van der Waals surface area contributed by atoms with Gasteiger partial charge in [-0.05, 0) is 24.7 Å². The van der Waals surface area contributed by atoms with Crippen LogP contribution in [0.5, 0.6) is 0 Å². The topological polar surface area (TPSA) is 52.3 Å². The standard InChI is InChI=1S/C13H23NO2/c1-9(2)10-4-3-5-13(6-10)7-12(15)16-11(13)8-14/h9-11H,3-8,14H2,1-2H3. The van der Waals surface area contributed by atoms with Gasteiger partial charge in [0, 0.05) is 12.0 Å². The molecule has 3 nitrogen and oxygen atoms in total. The molecule has 3 unspecified atom stereocenters. The molecule has 1 saturated heterocycles. The highest BCUT2D eigenvalue weighted by atomic mass is 16.6. The number of ether oxygens (including phenoxy) is 1. The SMILES string of the molecule is CC(C)C1CCCC2(CC(=O)OC2CN)C1. The molecule has 2 N–H and O–H groups in total. The van der Waals surface area contributed by atoms with Crippen molar-refractivity contribution in [1.82, 2.24) is 0 Å². The summed E-state index contributed by atoms with van der Waals surface area (Å²) in [5, 5.41) is 0. The second-order valence-corrected chi connectivity index (χ2v) is 5.85. The first-order valence-electron chi connectivity index (χ1n) is 6.47. The predicted octanol–water partition coefficient (Wildman–Crippen LogP) is 2.09. The number of hydrogen-bond acceptors (Lipinski definition) is 3. The van der Waals surface area contributed by atoms with Crippen LogP contribution in [0.4, 0.5) is 0 Å². The molecular formula is C13H23NO2. The summed E-state index contributed by atoms with van der Waals surface area (Å²) in [6.07, 6.45) is 5.32. The second-order valence-electron chi connectivity index (χ2n) is 5.85. The van der Waals surface area contributed by atoms with Crippen LogP contribution in [-0.2, 0) is 9.53 Å². The molecule has 1 saturated carbocycles. The smallest absolute Gasteiger partial charge is 0.306 e. The fourth-order valence-corrected chi connectivity index (χ4v) is 3.49. The predicted molar refractivity (Wildman–Crippen MR) is 62.8 cm³/mol. The Morgan fingerprint density at radius 1 is 1.56 bits per heavy atom. The van der Waals surface area contributed by atoms with Gasteiger partial charge >= 0.3 is 5.97 Å². The van der Waals surface area contributed by atoms with Crippen molar-refractivity contribution in [2.24, 2.45) is 23.0 Å². The van der Waals surface area contributed by atoms with Gasteiger partial charge in [-0.3, -0.25) is 4.79 Å². The summed E-state index contributed by atoms with van der Waals surface area (Å²) in [4.78, 5) is 11.5. The Morgan fingerprint density at radius 2 is 2.31 bits per heavy atom. The van der Waals surface area contributed by atoms with Crippen LogP contribution in [0.1, 0.15) is 46.0 Å². The molecule has 2 fully saturated rings. The molecule has 92 valence electrons. The number of carbonyl (C=O) groups excluding carboxylic acids is 1. The molecule has 0 aromatic rings. The molecule has 0 aromatic heterocycles. The molecule has 3 atom stereocenters. The van der Waals surface area contributed by atoms with Crippen molar-refractivity contribution in [2.45, 2.75) is 52.1 Å². The van der Waals surface area contributed by atoms with E-state index in [1.54, 1.807) is 0 Å². The average molecular weight is 225 g/mol. The summed E-state index contributed by atoms with van der Waals surface area (Å²) >= 11 is 0. The number of esters is 1. The Hall–Kier alpha value is -0.570. The third-order valence-corrected chi connectivity index (χ3v) is 4.53. The van der Waals surface area contributed by atoms with Crippen molar-refractivity contribution in [1.29, 1.82) is 0 Å². The van der Waals surface area contributed by atoms with Gasteiger partial charge in [0.15, 0.2) is 0 Å². The summed E-state index contributed by atoms with van der Waals surface area (Å²) < 4.78 is 5.37. The van der Waals surface area contributed by atoms with Crippen molar-refractivity contribution in [3.63, 3.8) is 0 Å². The van der Waals surface area contributed by atoms with Crippen LogP contribution in [0.2, 0.25) is 0 Å². The summed E-state index contributed by atoms with van der Waals surface area (Å²) in [5.74, 6) is 1.39. The lowest BCUT2D eigenvalue weighted by Gasteiger charge is -2.41. The van der Waals surface area contributed by atoms with Crippen molar-refractivity contribution in [3.8, 4) is 0 Å². The Bertz CT molecular complexity index is 277. The fraction of sp³-hybridized carbons (Fsp3) is 0.923. The fourth-order valence-electron chi connectivity index (χ4n) is 3.49. The lowest BCUT2D eigenvalue weighted by Crippen LogP contribution is -2.41. The molecule has 0 aromatic carbocycles. The van der Waals surface area contributed by atoms with E-state index in [0.29, 0.717) is 18.9 Å². The van der Waals surface area contributed by atoms with Crippen LogP contribution in [0.15, 0.2) is 0 Å². The van der Waals surface area contributed by atoms with Crippen molar-refractivity contribution < 1.29 is 9.53 Å². The molecule has 16 heavy (non-hydrogen) atoms. The summed E-state index contributed by atoms with van der Waals surface area (Å²) in [6.45, 7) is 5.04. The third-order valence-electron chi connectivity index (χ3n) is 4.53. The van der Waals surface area contributed by atoms with E-state index in [9.17, 15) is 4.79 Å². The Balaban J connectivity index is 2.14. The lowest BCUT2D eigenvalue weighted by molar-refractivity contribution is -0.141. The van der Waals surface area contributed by atoms with E-state index in [0.717, 1.165) is 18.8 Å². The zero-order valence-corrected chi connectivity index (χ0v) is 10.4. The van der Waals surface area contributed by atoms with Crippen molar-refractivity contribution in [3.05, 3.63) is 0 Å². The third kappa shape index (κ3) is 1.97. The van der Waals surface area contributed by atoms with Gasteiger partial charge in [-0.2, -0.15) is 0 Å². The summed E-state index contributed by atoms with van der Waals surface area (Å²) in [7, 11) is 0. The molecule has 1 heterocycles. The van der Waals surface area contributed by atoms with Gasteiger partial charge in [-0.15, -0.1) is 0 Å². The maximum atomic E-state index is 11.5.